The lowest BCUT2D eigenvalue weighted by atomic mass is 10.0. The minimum Gasteiger partial charge on any atom is -0.478 e. The summed E-state index contributed by atoms with van der Waals surface area (Å²) in [7, 11) is 0. The Morgan fingerprint density at radius 1 is 1.37 bits per heavy atom. The van der Waals surface area contributed by atoms with Crippen LogP contribution in [0.25, 0.3) is 16.8 Å². The Hall–Kier alpha value is -3.95. The molecule has 0 spiro atoms. The molecule has 9 nitrogen and oxygen atoms in total. The van der Waals surface area contributed by atoms with E-state index in [2.05, 4.69) is 10.3 Å². The normalized spacial score (nSPS) is 16.0. The maximum atomic E-state index is 14.9. The number of aromatic carboxylic acids is 1. The van der Waals surface area contributed by atoms with Crippen LogP contribution in [0.3, 0.4) is 0 Å². The SMILES string of the molecule is CC(=O)NC[C@H]1CN(c2ccc(-c3cc(C(=O)O)c4nccn4c3)c(F)c2)C(=O)O1. The summed E-state index contributed by atoms with van der Waals surface area (Å²) < 4.78 is 21.6. The molecule has 1 fully saturated rings. The van der Waals surface area contributed by atoms with Crippen LogP contribution in [0, 0.1) is 5.82 Å². The Morgan fingerprint density at radius 3 is 2.87 bits per heavy atom. The summed E-state index contributed by atoms with van der Waals surface area (Å²) in [5.74, 6) is -2.04. The number of fused-ring (bicyclic) bond motifs is 1. The Balaban J connectivity index is 1.63. The number of carboxylic acid groups (broad SMARTS) is 1. The highest BCUT2D eigenvalue weighted by atomic mass is 19.1. The Labute approximate surface area is 169 Å². The number of nitrogens with zero attached hydrogens (tertiary/aromatic N) is 3. The second-order valence-corrected chi connectivity index (χ2v) is 6.82. The van der Waals surface area contributed by atoms with Gasteiger partial charge in [-0.05, 0) is 24.3 Å². The predicted molar refractivity (Wildman–Crippen MR) is 104 cm³/mol. The number of nitrogens with one attached hydrogen (secondary N) is 1. The Morgan fingerprint density at radius 2 is 2.17 bits per heavy atom. The van der Waals surface area contributed by atoms with Gasteiger partial charge in [-0.3, -0.25) is 9.69 Å². The number of carbonyl (C=O) groups is 3. The van der Waals surface area contributed by atoms with Gasteiger partial charge in [-0.25, -0.2) is 19.0 Å². The Kier molecular flexibility index (Phi) is 4.82. The molecular formula is C20H17FN4O5. The van der Waals surface area contributed by atoms with Gasteiger partial charge in [0.2, 0.25) is 5.91 Å². The van der Waals surface area contributed by atoms with Gasteiger partial charge in [-0.1, -0.05) is 0 Å². The second kappa shape index (κ2) is 7.47. The molecule has 0 bridgehead atoms. The largest absolute Gasteiger partial charge is 0.478 e. The fourth-order valence-electron chi connectivity index (χ4n) is 3.34. The first-order valence-corrected chi connectivity index (χ1v) is 9.06. The minimum absolute atomic E-state index is 0.0510. The van der Waals surface area contributed by atoms with Gasteiger partial charge in [0.05, 0.1) is 18.8 Å². The zero-order valence-electron chi connectivity index (χ0n) is 15.8. The number of anilines is 1. The van der Waals surface area contributed by atoms with Crippen LogP contribution in [0.4, 0.5) is 14.9 Å². The molecule has 10 heteroatoms. The van der Waals surface area contributed by atoms with Crippen molar-refractivity contribution in [2.75, 3.05) is 18.0 Å². The summed E-state index contributed by atoms with van der Waals surface area (Å²) in [5.41, 5.74) is 1.04. The molecule has 2 N–H and O–H groups in total. The minimum atomic E-state index is -1.17. The van der Waals surface area contributed by atoms with E-state index in [9.17, 15) is 23.9 Å². The molecule has 154 valence electrons. The van der Waals surface area contributed by atoms with Gasteiger partial charge in [0, 0.05) is 36.6 Å². The number of amides is 2. The molecule has 1 aliphatic rings. The first kappa shape index (κ1) is 19.4. The smallest absolute Gasteiger partial charge is 0.414 e. The van der Waals surface area contributed by atoms with Crippen LogP contribution in [-0.4, -0.2) is 51.7 Å². The van der Waals surface area contributed by atoms with E-state index in [1.165, 1.54) is 40.6 Å². The van der Waals surface area contributed by atoms with Crippen LogP contribution in [0.5, 0.6) is 0 Å². The van der Waals surface area contributed by atoms with E-state index in [0.717, 1.165) is 0 Å². The molecule has 0 radical (unpaired) electrons. The van der Waals surface area contributed by atoms with Crippen molar-refractivity contribution in [2.24, 2.45) is 0 Å². The average Bonchev–Trinajstić information content (AvgIpc) is 3.31. The van der Waals surface area contributed by atoms with Crippen molar-refractivity contribution in [3.63, 3.8) is 0 Å². The fourth-order valence-corrected chi connectivity index (χ4v) is 3.34. The van der Waals surface area contributed by atoms with E-state index in [1.807, 2.05) is 0 Å². The van der Waals surface area contributed by atoms with Gasteiger partial charge in [-0.2, -0.15) is 0 Å². The number of pyridine rings is 1. The Bertz CT molecular complexity index is 1180. The lowest BCUT2D eigenvalue weighted by Gasteiger charge is -2.15. The molecule has 1 atom stereocenters. The molecule has 2 amide bonds. The lowest BCUT2D eigenvalue weighted by molar-refractivity contribution is -0.119. The predicted octanol–water partition coefficient (Wildman–Crippen LogP) is 2.30. The van der Waals surface area contributed by atoms with Gasteiger partial charge in [-0.15, -0.1) is 0 Å². The maximum absolute atomic E-state index is 14.9. The number of aromatic nitrogens is 2. The van der Waals surface area contributed by atoms with E-state index >= 15 is 0 Å². The summed E-state index contributed by atoms with van der Waals surface area (Å²) in [5, 5.41) is 12.0. The standard InChI is InChI=1S/C20H17FN4O5/c1-11(26)23-8-14-10-25(20(29)30-14)13-2-3-15(17(21)7-13)12-6-16(19(27)28)18-22-4-5-24(18)9-12/h2-7,9,14H,8,10H2,1H3,(H,23,26)(H,27,28)/t14-/m0/s1. The topological polar surface area (TPSA) is 113 Å². The van der Waals surface area contributed by atoms with Crippen molar-refractivity contribution in [1.29, 1.82) is 0 Å². The van der Waals surface area contributed by atoms with Crippen LogP contribution in [0.15, 0.2) is 42.9 Å². The highest BCUT2D eigenvalue weighted by Gasteiger charge is 2.32. The third kappa shape index (κ3) is 3.54. The summed E-state index contributed by atoms with van der Waals surface area (Å²) >= 11 is 0. The van der Waals surface area contributed by atoms with E-state index in [0.29, 0.717) is 11.3 Å². The molecule has 1 aliphatic heterocycles. The van der Waals surface area contributed by atoms with Crippen LogP contribution < -0.4 is 10.2 Å². The van der Waals surface area contributed by atoms with Gasteiger partial charge >= 0.3 is 12.1 Å². The van der Waals surface area contributed by atoms with Crippen molar-refractivity contribution in [3.05, 3.63) is 54.2 Å². The maximum Gasteiger partial charge on any atom is 0.414 e. The first-order chi connectivity index (χ1) is 14.3. The number of rotatable bonds is 5. The molecule has 1 aromatic carbocycles. The third-order valence-electron chi connectivity index (χ3n) is 4.75. The highest BCUT2D eigenvalue weighted by Crippen LogP contribution is 2.30. The monoisotopic (exact) mass is 412 g/mol. The fraction of sp³-hybridized carbons (Fsp3) is 0.200. The summed E-state index contributed by atoms with van der Waals surface area (Å²) in [6.07, 6.45) is 3.45. The number of cyclic esters (lactones) is 1. The van der Waals surface area contributed by atoms with Gasteiger partial charge in [0.1, 0.15) is 17.5 Å². The number of halogens is 1. The van der Waals surface area contributed by atoms with E-state index in [1.54, 1.807) is 18.5 Å². The number of hydrogen-bond donors (Lipinski definition) is 2. The van der Waals surface area contributed by atoms with Crippen LogP contribution in [0.2, 0.25) is 0 Å². The molecule has 3 heterocycles. The summed E-state index contributed by atoms with van der Waals surface area (Å²) in [6.45, 7) is 1.70. The molecular weight excluding hydrogens is 395 g/mol. The number of benzene rings is 1. The van der Waals surface area contributed by atoms with Crippen molar-refractivity contribution in [2.45, 2.75) is 13.0 Å². The van der Waals surface area contributed by atoms with Gasteiger partial charge < -0.3 is 19.6 Å². The summed E-state index contributed by atoms with van der Waals surface area (Å²) in [6, 6.07) is 5.58. The number of hydrogen-bond acceptors (Lipinski definition) is 5. The van der Waals surface area contributed by atoms with Gasteiger partial charge in [0.15, 0.2) is 5.65 Å². The second-order valence-electron chi connectivity index (χ2n) is 6.82. The zero-order chi connectivity index (χ0) is 21.4. The molecule has 4 rings (SSSR count). The van der Waals surface area contributed by atoms with Crippen molar-refractivity contribution in [3.8, 4) is 11.1 Å². The van der Waals surface area contributed by atoms with Crippen LogP contribution in [-0.2, 0) is 9.53 Å². The molecule has 1 saturated heterocycles. The average molecular weight is 412 g/mol. The van der Waals surface area contributed by atoms with Crippen molar-refractivity contribution < 1.29 is 28.6 Å². The first-order valence-electron chi connectivity index (χ1n) is 9.06. The number of carboxylic acids is 1. The quantitative estimate of drug-likeness (QED) is 0.665. The van der Waals surface area contributed by atoms with E-state index in [4.69, 9.17) is 4.74 Å². The highest BCUT2D eigenvalue weighted by molar-refractivity contribution is 5.96. The van der Waals surface area contributed by atoms with Gasteiger partial charge in [0.25, 0.3) is 0 Å². The molecule has 30 heavy (non-hydrogen) atoms. The molecule has 0 aliphatic carbocycles. The third-order valence-corrected chi connectivity index (χ3v) is 4.75. The zero-order valence-corrected chi connectivity index (χ0v) is 15.8. The van der Waals surface area contributed by atoms with Crippen molar-refractivity contribution >= 4 is 29.3 Å². The molecule has 0 unspecified atom stereocenters. The molecule has 2 aromatic heterocycles. The number of imidazole rings is 1. The molecule has 3 aromatic rings. The van der Waals surface area contributed by atoms with Crippen LogP contribution >= 0.6 is 0 Å². The number of carbonyl (C=O) groups excluding carboxylic acids is 2. The van der Waals surface area contributed by atoms with Crippen LogP contribution in [0.1, 0.15) is 17.3 Å². The van der Waals surface area contributed by atoms with Crippen molar-refractivity contribution in [1.82, 2.24) is 14.7 Å². The summed E-state index contributed by atoms with van der Waals surface area (Å²) in [4.78, 5) is 40.0. The lowest BCUT2D eigenvalue weighted by Crippen LogP contribution is -2.33. The molecule has 0 saturated carbocycles. The number of ether oxygens (including phenoxy) is 1. The van der Waals surface area contributed by atoms with E-state index < -0.39 is 24.0 Å². The van der Waals surface area contributed by atoms with E-state index in [-0.39, 0.29) is 35.8 Å².